The summed E-state index contributed by atoms with van der Waals surface area (Å²) in [6, 6.07) is 2.31. The van der Waals surface area contributed by atoms with Crippen LogP contribution in [-0.2, 0) is 0 Å². The largest absolute Gasteiger partial charge is 0.113 e. The molecule has 1 unspecified atom stereocenters. The first-order chi connectivity index (χ1) is 7.86. The van der Waals surface area contributed by atoms with Crippen LogP contribution in [-0.4, -0.2) is 8.80 Å². The monoisotopic (exact) mass is 263 g/mol. The second-order valence-electron chi connectivity index (χ2n) is 5.33. The Balaban J connectivity index is 2.77. The first-order valence-corrected chi connectivity index (χ1v) is 9.06. The average molecular weight is 264 g/mol. The van der Waals surface area contributed by atoms with Crippen LogP contribution in [0.15, 0.2) is 11.6 Å². The van der Waals surface area contributed by atoms with E-state index in [1.54, 1.807) is 5.19 Å². The van der Waals surface area contributed by atoms with Gasteiger partial charge in [-0.25, -0.2) is 0 Å². The fourth-order valence-corrected chi connectivity index (χ4v) is 5.17. The number of allylic oxidation sites excluding steroid dienone is 2. The molecule has 2 rings (SSSR count). The number of halogens is 1. The van der Waals surface area contributed by atoms with Crippen LogP contribution in [0.5, 0.6) is 0 Å². The Morgan fingerprint density at radius 2 is 1.71 bits per heavy atom. The van der Waals surface area contributed by atoms with Crippen LogP contribution in [0.25, 0.3) is 5.57 Å². The summed E-state index contributed by atoms with van der Waals surface area (Å²) in [5, 5.41) is 1.67. The highest BCUT2D eigenvalue weighted by molar-refractivity contribution is 6.71. The van der Waals surface area contributed by atoms with E-state index in [1.807, 2.05) is 0 Å². The number of fused-ring (bicyclic) bond motifs is 1. The number of hydrogen-bond donors (Lipinski definition) is 0. The first-order valence-electron chi connectivity index (χ1n) is 6.12. The second-order valence-corrected chi connectivity index (χ2v) is 8.26. The summed E-state index contributed by atoms with van der Waals surface area (Å²) in [5.41, 5.74) is 8.36. The highest BCUT2D eigenvalue weighted by Gasteiger charge is 2.28. The molecule has 0 nitrogen and oxygen atoms in total. The number of hydrogen-bond acceptors (Lipinski definition) is 0. The molecule has 1 aromatic carbocycles. The van der Waals surface area contributed by atoms with Crippen molar-refractivity contribution in [2.24, 2.45) is 0 Å². The molecule has 91 valence electrons. The van der Waals surface area contributed by atoms with E-state index in [2.05, 4.69) is 46.9 Å². The molecule has 1 aromatic rings. The number of aryl methyl sites for hydroxylation is 1. The van der Waals surface area contributed by atoms with Gasteiger partial charge in [0.1, 0.15) is 0 Å². The lowest BCUT2D eigenvalue weighted by atomic mass is 9.97. The predicted octanol–water partition coefficient (Wildman–Crippen LogP) is 4.35. The second kappa shape index (κ2) is 4.29. The van der Waals surface area contributed by atoms with Gasteiger partial charge in [0.05, 0.1) is 14.2 Å². The van der Waals surface area contributed by atoms with Crippen LogP contribution in [0.4, 0.5) is 0 Å². The quantitative estimate of drug-likeness (QED) is 0.522. The molecular weight excluding hydrogens is 244 g/mol. The molecule has 1 atom stereocenters. The van der Waals surface area contributed by atoms with Gasteiger partial charge in [0.15, 0.2) is 0 Å². The summed E-state index contributed by atoms with van der Waals surface area (Å²) < 4.78 is 0. The summed E-state index contributed by atoms with van der Waals surface area (Å²) in [5.74, 6) is 0. The van der Waals surface area contributed by atoms with E-state index in [1.165, 1.54) is 33.4 Å². The van der Waals surface area contributed by atoms with E-state index < -0.39 is 8.80 Å². The number of benzene rings is 1. The number of alkyl halides is 1. The smallest absolute Gasteiger partial charge is 0.0804 e. The number of rotatable bonds is 1. The summed E-state index contributed by atoms with van der Waals surface area (Å²) in [4.78, 5) is 0. The molecule has 2 heteroatoms. The van der Waals surface area contributed by atoms with Crippen LogP contribution in [0.1, 0.15) is 41.5 Å². The molecule has 0 aromatic heterocycles. The van der Waals surface area contributed by atoms with Gasteiger partial charge in [-0.1, -0.05) is 29.9 Å². The van der Waals surface area contributed by atoms with Gasteiger partial charge in [-0.15, -0.1) is 11.6 Å². The molecule has 0 bridgehead atoms. The normalized spacial score (nSPS) is 19.2. The molecule has 1 aliphatic carbocycles. The molecular formula is C15H20ClSi. The molecule has 0 saturated carbocycles. The lowest BCUT2D eigenvalue weighted by Crippen LogP contribution is -2.29. The van der Waals surface area contributed by atoms with Crippen molar-refractivity contribution in [3.63, 3.8) is 0 Å². The molecule has 0 heterocycles. The lowest BCUT2D eigenvalue weighted by molar-refractivity contribution is 1.13. The van der Waals surface area contributed by atoms with Gasteiger partial charge in [0.25, 0.3) is 0 Å². The maximum absolute atomic E-state index is 6.51. The first kappa shape index (κ1) is 12.9. The average Bonchev–Trinajstić information content (AvgIpc) is 2.43. The van der Waals surface area contributed by atoms with Crippen molar-refractivity contribution >= 4 is 31.2 Å². The van der Waals surface area contributed by atoms with Gasteiger partial charge >= 0.3 is 0 Å². The highest BCUT2D eigenvalue weighted by Crippen LogP contribution is 2.45. The third kappa shape index (κ3) is 1.80. The minimum absolute atomic E-state index is 0.0841. The minimum Gasteiger partial charge on any atom is -0.113 e. The predicted molar refractivity (Wildman–Crippen MR) is 79.9 cm³/mol. The zero-order chi connectivity index (χ0) is 12.9. The Kier molecular flexibility index (Phi) is 3.26. The molecule has 17 heavy (non-hydrogen) atoms. The van der Waals surface area contributed by atoms with Crippen molar-refractivity contribution in [3.8, 4) is 0 Å². The summed E-state index contributed by atoms with van der Waals surface area (Å²) >= 11 is 6.51. The van der Waals surface area contributed by atoms with Gasteiger partial charge in [-0.05, 0) is 55.5 Å². The van der Waals surface area contributed by atoms with Crippen molar-refractivity contribution in [2.45, 2.75) is 46.2 Å². The van der Waals surface area contributed by atoms with E-state index >= 15 is 0 Å². The molecule has 1 aliphatic rings. The molecule has 0 N–H and O–H groups in total. The van der Waals surface area contributed by atoms with Crippen molar-refractivity contribution in [3.05, 3.63) is 33.9 Å². The molecule has 0 spiro atoms. The van der Waals surface area contributed by atoms with Crippen molar-refractivity contribution in [1.82, 2.24) is 0 Å². The molecule has 0 aliphatic heterocycles. The topological polar surface area (TPSA) is 0 Å². The fraction of sp³-hybridized carbons (Fsp3) is 0.467. The van der Waals surface area contributed by atoms with Crippen LogP contribution in [0.2, 0.25) is 13.1 Å². The maximum atomic E-state index is 6.51. The molecule has 0 fully saturated rings. The SMILES string of the molecule is CC1=C(C)C(Cl)c2cc(C)c([Si](C)C)c(C)c21. The standard InChI is InChI=1S/C15H20ClSi/c1-8-7-12-13(9(2)10(3)14(12)16)11(4)15(8)17(5)6/h7,14H,1-6H3. The summed E-state index contributed by atoms with van der Waals surface area (Å²) in [7, 11) is -0.417. The Labute approximate surface area is 111 Å². The van der Waals surface area contributed by atoms with Crippen LogP contribution < -0.4 is 5.19 Å². The van der Waals surface area contributed by atoms with E-state index in [0.717, 1.165) is 0 Å². The summed E-state index contributed by atoms with van der Waals surface area (Å²) in [6.07, 6.45) is 0. The van der Waals surface area contributed by atoms with Gasteiger partial charge < -0.3 is 0 Å². The van der Waals surface area contributed by atoms with E-state index in [4.69, 9.17) is 11.6 Å². The maximum Gasteiger partial charge on any atom is 0.0804 e. The molecule has 0 amide bonds. The summed E-state index contributed by atoms with van der Waals surface area (Å²) in [6.45, 7) is 13.6. The van der Waals surface area contributed by atoms with Crippen molar-refractivity contribution < 1.29 is 0 Å². The molecule has 0 saturated heterocycles. The van der Waals surface area contributed by atoms with Gasteiger partial charge in [0, 0.05) is 0 Å². The minimum atomic E-state index is -0.417. The van der Waals surface area contributed by atoms with Crippen molar-refractivity contribution in [2.75, 3.05) is 0 Å². The third-order valence-electron chi connectivity index (χ3n) is 3.92. The zero-order valence-corrected chi connectivity index (χ0v) is 13.3. The fourth-order valence-electron chi connectivity index (χ4n) is 3.10. The molecule has 1 radical (unpaired) electrons. The zero-order valence-electron chi connectivity index (χ0n) is 11.5. The van der Waals surface area contributed by atoms with Crippen molar-refractivity contribution in [1.29, 1.82) is 0 Å². The van der Waals surface area contributed by atoms with Crippen LogP contribution in [0.3, 0.4) is 0 Å². The highest BCUT2D eigenvalue weighted by atomic mass is 35.5. The van der Waals surface area contributed by atoms with Crippen LogP contribution >= 0.6 is 11.6 Å². The van der Waals surface area contributed by atoms with Gasteiger partial charge in [-0.3, -0.25) is 0 Å². The van der Waals surface area contributed by atoms with E-state index in [-0.39, 0.29) is 5.38 Å². The Hall–Kier alpha value is -0.533. The van der Waals surface area contributed by atoms with Gasteiger partial charge in [0.2, 0.25) is 0 Å². The Morgan fingerprint density at radius 3 is 2.24 bits per heavy atom. The van der Waals surface area contributed by atoms with E-state index in [0.29, 0.717) is 0 Å². The van der Waals surface area contributed by atoms with E-state index in [9.17, 15) is 0 Å². The Bertz CT molecular complexity index is 512. The Morgan fingerprint density at radius 1 is 1.12 bits per heavy atom. The van der Waals surface area contributed by atoms with Crippen LogP contribution in [0, 0.1) is 13.8 Å². The third-order valence-corrected chi connectivity index (χ3v) is 6.26. The van der Waals surface area contributed by atoms with Gasteiger partial charge in [-0.2, -0.15) is 0 Å². The lowest BCUT2D eigenvalue weighted by Gasteiger charge is -2.18.